The number of aromatic nitrogens is 1. The summed E-state index contributed by atoms with van der Waals surface area (Å²) >= 11 is 0. The number of rotatable bonds is 7. The molecule has 0 aliphatic heterocycles. The lowest BCUT2D eigenvalue weighted by Crippen LogP contribution is -2.42. The SMILES string of the molecule is COc1ccc(CNC(=O)C[n+]2ccc(N(C)C)cc2)cc1OC. The normalized spacial score (nSPS) is 10.2. The van der Waals surface area contributed by atoms with Gasteiger partial charge >= 0.3 is 0 Å². The zero-order chi connectivity index (χ0) is 17.5. The van der Waals surface area contributed by atoms with E-state index >= 15 is 0 Å². The fourth-order valence-electron chi connectivity index (χ4n) is 2.27. The minimum atomic E-state index is -0.0487. The Kier molecular flexibility index (Phi) is 6.01. The molecule has 6 nitrogen and oxygen atoms in total. The van der Waals surface area contributed by atoms with Gasteiger partial charge in [0.15, 0.2) is 23.9 Å². The highest BCUT2D eigenvalue weighted by Gasteiger charge is 2.10. The van der Waals surface area contributed by atoms with Crippen molar-refractivity contribution in [3.05, 3.63) is 48.3 Å². The third-order valence-corrected chi connectivity index (χ3v) is 3.65. The number of ether oxygens (including phenoxy) is 2. The number of hydrogen-bond donors (Lipinski definition) is 1. The average Bonchev–Trinajstić information content (AvgIpc) is 2.60. The van der Waals surface area contributed by atoms with E-state index in [0.717, 1.165) is 11.3 Å². The van der Waals surface area contributed by atoms with Gasteiger partial charge in [-0.25, -0.2) is 0 Å². The van der Waals surface area contributed by atoms with Gasteiger partial charge in [-0.05, 0) is 17.7 Å². The summed E-state index contributed by atoms with van der Waals surface area (Å²) in [6.45, 7) is 0.719. The van der Waals surface area contributed by atoms with E-state index in [1.54, 1.807) is 14.2 Å². The summed E-state index contributed by atoms with van der Waals surface area (Å²) < 4.78 is 12.3. The van der Waals surface area contributed by atoms with Crippen LogP contribution >= 0.6 is 0 Å². The van der Waals surface area contributed by atoms with Crippen molar-refractivity contribution < 1.29 is 18.8 Å². The van der Waals surface area contributed by atoms with Crippen LogP contribution in [-0.4, -0.2) is 34.2 Å². The third-order valence-electron chi connectivity index (χ3n) is 3.65. The molecule has 1 heterocycles. The molecule has 0 radical (unpaired) electrons. The zero-order valence-corrected chi connectivity index (χ0v) is 14.6. The first-order valence-corrected chi connectivity index (χ1v) is 7.67. The molecule has 0 bridgehead atoms. The number of carbonyl (C=O) groups is 1. The maximum absolute atomic E-state index is 12.1. The molecule has 0 unspecified atom stereocenters. The molecular weight excluding hydrogens is 306 g/mol. The number of hydrogen-bond acceptors (Lipinski definition) is 4. The summed E-state index contributed by atoms with van der Waals surface area (Å²) in [5.41, 5.74) is 2.05. The van der Waals surface area contributed by atoms with Crippen LogP contribution in [0.2, 0.25) is 0 Å². The first-order valence-electron chi connectivity index (χ1n) is 7.67. The van der Waals surface area contributed by atoms with Gasteiger partial charge < -0.3 is 19.7 Å². The van der Waals surface area contributed by atoms with Crippen LogP contribution in [0.3, 0.4) is 0 Å². The van der Waals surface area contributed by atoms with Gasteiger partial charge in [-0.1, -0.05) is 6.07 Å². The molecule has 1 aromatic carbocycles. The lowest BCUT2D eigenvalue weighted by Gasteiger charge is -2.11. The Morgan fingerprint density at radius 1 is 1.08 bits per heavy atom. The average molecular weight is 330 g/mol. The van der Waals surface area contributed by atoms with Crippen molar-refractivity contribution in [1.82, 2.24) is 5.32 Å². The van der Waals surface area contributed by atoms with Crippen molar-refractivity contribution in [3.63, 3.8) is 0 Å². The minimum Gasteiger partial charge on any atom is -0.493 e. The molecule has 1 aromatic heterocycles. The molecule has 0 spiro atoms. The summed E-state index contributed by atoms with van der Waals surface area (Å²) in [4.78, 5) is 14.1. The molecular formula is C18H24N3O3+. The van der Waals surface area contributed by atoms with E-state index in [0.29, 0.717) is 18.0 Å². The van der Waals surface area contributed by atoms with Gasteiger partial charge in [-0.2, -0.15) is 4.57 Å². The first-order chi connectivity index (χ1) is 11.5. The quantitative estimate of drug-likeness (QED) is 0.779. The Morgan fingerprint density at radius 3 is 2.33 bits per heavy atom. The van der Waals surface area contributed by atoms with Crippen LogP contribution in [0.15, 0.2) is 42.7 Å². The van der Waals surface area contributed by atoms with Crippen LogP contribution in [0.5, 0.6) is 11.5 Å². The molecule has 6 heteroatoms. The van der Waals surface area contributed by atoms with E-state index in [2.05, 4.69) is 5.32 Å². The smallest absolute Gasteiger partial charge is 0.286 e. The highest BCUT2D eigenvalue weighted by Crippen LogP contribution is 2.27. The van der Waals surface area contributed by atoms with Crippen molar-refractivity contribution in [2.45, 2.75) is 13.1 Å². The number of methoxy groups -OCH3 is 2. The molecule has 0 saturated heterocycles. The van der Waals surface area contributed by atoms with Gasteiger partial charge in [0, 0.05) is 38.5 Å². The third kappa shape index (κ3) is 4.62. The first kappa shape index (κ1) is 17.6. The molecule has 1 amide bonds. The highest BCUT2D eigenvalue weighted by molar-refractivity contribution is 5.74. The second-order valence-corrected chi connectivity index (χ2v) is 5.59. The summed E-state index contributed by atoms with van der Waals surface area (Å²) in [6.07, 6.45) is 3.79. The van der Waals surface area contributed by atoms with Crippen LogP contribution in [0.25, 0.3) is 0 Å². The fraction of sp³-hybridized carbons (Fsp3) is 0.333. The molecule has 0 fully saturated rings. The van der Waals surface area contributed by atoms with Crippen LogP contribution in [0.4, 0.5) is 5.69 Å². The van der Waals surface area contributed by atoms with Crippen LogP contribution < -0.4 is 24.3 Å². The number of anilines is 1. The van der Waals surface area contributed by atoms with Crippen LogP contribution in [-0.2, 0) is 17.9 Å². The summed E-state index contributed by atoms with van der Waals surface area (Å²) in [5.74, 6) is 1.27. The molecule has 0 atom stereocenters. The predicted molar refractivity (Wildman–Crippen MR) is 92.4 cm³/mol. The Bertz CT molecular complexity index is 684. The van der Waals surface area contributed by atoms with Gasteiger partial charge in [-0.15, -0.1) is 0 Å². The minimum absolute atomic E-state index is 0.0487. The van der Waals surface area contributed by atoms with E-state index in [4.69, 9.17) is 9.47 Å². The van der Waals surface area contributed by atoms with Crippen LogP contribution in [0.1, 0.15) is 5.56 Å². The maximum atomic E-state index is 12.1. The van der Waals surface area contributed by atoms with Gasteiger partial charge in [0.25, 0.3) is 5.91 Å². The lowest BCUT2D eigenvalue weighted by molar-refractivity contribution is -0.684. The van der Waals surface area contributed by atoms with Gasteiger partial charge in [0.2, 0.25) is 6.54 Å². The zero-order valence-electron chi connectivity index (χ0n) is 14.6. The predicted octanol–water partition coefficient (Wildman–Crippen LogP) is 1.37. The fourth-order valence-corrected chi connectivity index (χ4v) is 2.27. The number of nitrogens with zero attached hydrogens (tertiary/aromatic N) is 2. The second kappa shape index (κ2) is 8.19. The summed E-state index contributed by atoms with van der Waals surface area (Å²) in [5, 5.41) is 2.91. The molecule has 128 valence electrons. The van der Waals surface area contributed by atoms with Gasteiger partial charge in [0.05, 0.1) is 14.2 Å². The summed E-state index contributed by atoms with van der Waals surface area (Å²) in [7, 11) is 7.15. The van der Waals surface area contributed by atoms with Gasteiger partial charge in [0.1, 0.15) is 0 Å². The molecule has 0 aliphatic carbocycles. The van der Waals surface area contributed by atoms with Crippen LogP contribution in [0, 0.1) is 0 Å². The molecule has 0 saturated carbocycles. The van der Waals surface area contributed by atoms with E-state index < -0.39 is 0 Å². The maximum Gasteiger partial charge on any atom is 0.286 e. The van der Waals surface area contributed by atoms with E-state index in [1.165, 1.54) is 0 Å². The summed E-state index contributed by atoms with van der Waals surface area (Å²) in [6, 6.07) is 9.54. The Hall–Kier alpha value is -2.76. The van der Waals surface area contributed by atoms with Crippen molar-refractivity contribution in [2.24, 2.45) is 0 Å². The topological polar surface area (TPSA) is 54.7 Å². The molecule has 24 heavy (non-hydrogen) atoms. The number of nitrogens with one attached hydrogen (secondary N) is 1. The van der Waals surface area contributed by atoms with E-state index in [1.807, 2.05) is 66.3 Å². The standard InChI is InChI=1S/C18H23N3O3/c1-20(2)15-7-9-21(10-8-15)13-18(22)19-12-14-5-6-16(23-3)17(11-14)24-4/h5-11H,12-13H2,1-4H3/p+1. The van der Waals surface area contributed by atoms with E-state index in [9.17, 15) is 4.79 Å². The Morgan fingerprint density at radius 2 is 1.75 bits per heavy atom. The number of amides is 1. The molecule has 0 aliphatic rings. The number of benzene rings is 1. The monoisotopic (exact) mass is 330 g/mol. The second-order valence-electron chi connectivity index (χ2n) is 5.59. The van der Waals surface area contributed by atoms with Gasteiger partial charge in [-0.3, -0.25) is 4.79 Å². The number of carbonyl (C=O) groups excluding carboxylic acids is 1. The lowest BCUT2D eigenvalue weighted by atomic mass is 10.2. The Balaban J connectivity index is 1.91. The van der Waals surface area contributed by atoms with Crippen molar-refractivity contribution in [3.8, 4) is 11.5 Å². The van der Waals surface area contributed by atoms with Crippen molar-refractivity contribution >= 4 is 11.6 Å². The molecule has 2 aromatic rings. The molecule has 1 N–H and O–H groups in total. The molecule has 2 rings (SSSR count). The van der Waals surface area contributed by atoms with Crippen molar-refractivity contribution in [2.75, 3.05) is 33.2 Å². The van der Waals surface area contributed by atoms with E-state index in [-0.39, 0.29) is 12.5 Å². The largest absolute Gasteiger partial charge is 0.493 e. The Labute approximate surface area is 142 Å². The highest BCUT2D eigenvalue weighted by atomic mass is 16.5. The van der Waals surface area contributed by atoms with Crippen molar-refractivity contribution in [1.29, 1.82) is 0 Å². The number of pyridine rings is 1.